The van der Waals surface area contributed by atoms with Crippen molar-refractivity contribution in [2.75, 3.05) is 4.90 Å². The van der Waals surface area contributed by atoms with Crippen LogP contribution in [-0.2, 0) is 26.3 Å². The molecule has 0 N–H and O–H groups in total. The van der Waals surface area contributed by atoms with Crippen LogP contribution in [0.3, 0.4) is 0 Å². The highest BCUT2D eigenvalue weighted by Gasteiger charge is 2.55. The summed E-state index contributed by atoms with van der Waals surface area (Å²) in [5.74, 6) is -0.172. The molecule has 35 heavy (non-hydrogen) atoms. The molecule has 5 nitrogen and oxygen atoms in total. The first-order chi connectivity index (χ1) is 17.1. The highest BCUT2D eigenvalue weighted by Crippen LogP contribution is 2.52. The standard InChI is InChI=1S/C30H25NO4/c1-30(25-19-11-12-20-26(25)31(28(30)32)24-17-9-4-10-18-24)27(23-15-7-3-8-16-23)35-29(33)34-21-22-13-5-2-6-14-22/h2-20,27H,21H2,1H3/t27-,30+/m0/s1. The number of hydrogen-bond acceptors (Lipinski definition) is 4. The lowest BCUT2D eigenvalue weighted by atomic mass is 9.75. The van der Waals surface area contributed by atoms with E-state index in [1.165, 1.54) is 0 Å². The van der Waals surface area contributed by atoms with E-state index in [1.807, 2.05) is 122 Å². The number of anilines is 2. The summed E-state index contributed by atoms with van der Waals surface area (Å²) >= 11 is 0. The normalized spacial score (nSPS) is 17.5. The second-order valence-corrected chi connectivity index (χ2v) is 8.63. The van der Waals surface area contributed by atoms with Crippen LogP contribution in [0.25, 0.3) is 0 Å². The minimum Gasteiger partial charge on any atom is -0.429 e. The first-order valence-corrected chi connectivity index (χ1v) is 11.5. The number of rotatable bonds is 6. The minimum atomic E-state index is -1.17. The van der Waals surface area contributed by atoms with Gasteiger partial charge in [-0.2, -0.15) is 0 Å². The molecule has 174 valence electrons. The van der Waals surface area contributed by atoms with Crippen LogP contribution in [-0.4, -0.2) is 12.1 Å². The monoisotopic (exact) mass is 463 g/mol. The summed E-state index contributed by atoms with van der Waals surface area (Å²) < 4.78 is 11.4. The van der Waals surface area contributed by atoms with Gasteiger partial charge in [0.25, 0.3) is 0 Å². The summed E-state index contributed by atoms with van der Waals surface area (Å²) in [5.41, 5.74) is 2.72. The topological polar surface area (TPSA) is 55.8 Å². The van der Waals surface area contributed by atoms with Crippen molar-refractivity contribution < 1.29 is 19.1 Å². The summed E-state index contributed by atoms with van der Waals surface area (Å²) in [6.45, 7) is 1.91. The summed E-state index contributed by atoms with van der Waals surface area (Å²) in [6.07, 6.45) is -1.72. The Labute approximate surface area is 204 Å². The van der Waals surface area contributed by atoms with Crippen molar-refractivity contribution in [1.82, 2.24) is 0 Å². The second kappa shape index (κ2) is 9.47. The smallest absolute Gasteiger partial charge is 0.429 e. The lowest BCUT2D eigenvalue weighted by molar-refractivity contribution is -0.127. The molecule has 0 aliphatic carbocycles. The predicted octanol–water partition coefficient (Wildman–Crippen LogP) is 6.72. The number of hydrogen-bond donors (Lipinski definition) is 0. The maximum Gasteiger partial charge on any atom is 0.509 e. The van der Waals surface area contributed by atoms with E-state index < -0.39 is 17.7 Å². The highest BCUT2D eigenvalue weighted by molar-refractivity contribution is 6.13. The molecule has 5 rings (SSSR count). The number of fused-ring (bicyclic) bond motifs is 1. The van der Waals surface area contributed by atoms with Gasteiger partial charge in [-0.25, -0.2) is 4.79 Å². The third-order valence-electron chi connectivity index (χ3n) is 6.41. The molecule has 4 aromatic carbocycles. The Bertz CT molecular complexity index is 1320. The number of nitrogens with zero attached hydrogens (tertiary/aromatic N) is 1. The van der Waals surface area contributed by atoms with Crippen LogP contribution in [0.5, 0.6) is 0 Å². The van der Waals surface area contributed by atoms with Crippen LogP contribution < -0.4 is 4.90 Å². The molecule has 1 aliphatic heterocycles. The van der Waals surface area contributed by atoms with Crippen LogP contribution in [0.1, 0.15) is 29.7 Å². The van der Waals surface area contributed by atoms with Crippen molar-refractivity contribution in [2.45, 2.75) is 25.0 Å². The first kappa shape index (κ1) is 22.4. The third-order valence-corrected chi connectivity index (χ3v) is 6.41. The molecule has 0 spiro atoms. The van der Waals surface area contributed by atoms with Gasteiger partial charge in [0.15, 0.2) is 0 Å². The molecular weight excluding hydrogens is 438 g/mol. The van der Waals surface area contributed by atoms with E-state index in [1.54, 1.807) is 4.90 Å². The van der Waals surface area contributed by atoms with Crippen LogP contribution in [0.2, 0.25) is 0 Å². The fourth-order valence-corrected chi connectivity index (χ4v) is 4.65. The molecule has 1 amide bonds. The maximum atomic E-state index is 14.2. The highest BCUT2D eigenvalue weighted by atomic mass is 16.7. The van der Waals surface area contributed by atoms with Gasteiger partial charge in [0.2, 0.25) is 5.91 Å². The van der Waals surface area contributed by atoms with Crippen molar-refractivity contribution >= 4 is 23.4 Å². The SMILES string of the molecule is C[C@@]1([C@@H](OC(=O)OCc2ccccc2)c2ccccc2)C(=O)N(c2ccccc2)c2ccccc21. The molecule has 0 fully saturated rings. The van der Waals surface area contributed by atoms with E-state index in [-0.39, 0.29) is 12.5 Å². The average molecular weight is 464 g/mol. The Morgan fingerprint density at radius 1 is 0.800 bits per heavy atom. The molecule has 1 aliphatic rings. The quantitative estimate of drug-likeness (QED) is 0.298. The maximum absolute atomic E-state index is 14.2. The predicted molar refractivity (Wildman–Crippen MR) is 134 cm³/mol. The molecule has 0 radical (unpaired) electrons. The van der Waals surface area contributed by atoms with Crippen LogP contribution in [0.15, 0.2) is 115 Å². The Kier molecular flexibility index (Phi) is 6.06. The zero-order valence-corrected chi connectivity index (χ0v) is 19.3. The van der Waals surface area contributed by atoms with E-state index in [4.69, 9.17) is 9.47 Å². The van der Waals surface area contributed by atoms with Crippen LogP contribution in [0.4, 0.5) is 16.2 Å². The van der Waals surface area contributed by atoms with E-state index >= 15 is 0 Å². The molecule has 0 bridgehead atoms. The van der Waals surface area contributed by atoms with Gasteiger partial charge in [-0.1, -0.05) is 97.1 Å². The fraction of sp³-hybridized carbons (Fsp3) is 0.133. The van der Waals surface area contributed by atoms with Crippen molar-refractivity contribution in [3.63, 3.8) is 0 Å². The van der Waals surface area contributed by atoms with Crippen LogP contribution >= 0.6 is 0 Å². The van der Waals surface area contributed by atoms with E-state index in [0.717, 1.165) is 22.5 Å². The van der Waals surface area contributed by atoms with Gasteiger partial charge in [0.05, 0.1) is 5.69 Å². The first-order valence-electron chi connectivity index (χ1n) is 11.5. The fourth-order valence-electron chi connectivity index (χ4n) is 4.65. The molecule has 0 unspecified atom stereocenters. The average Bonchev–Trinajstić information content (AvgIpc) is 3.14. The van der Waals surface area contributed by atoms with E-state index in [2.05, 4.69) is 0 Å². The zero-order valence-electron chi connectivity index (χ0n) is 19.3. The molecule has 0 saturated heterocycles. The number of para-hydroxylation sites is 2. The van der Waals surface area contributed by atoms with Gasteiger partial charge in [-0.05, 0) is 41.8 Å². The van der Waals surface area contributed by atoms with E-state index in [9.17, 15) is 9.59 Å². The molecule has 2 atom stereocenters. The van der Waals surface area contributed by atoms with Gasteiger partial charge in [-0.15, -0.1) is 0 Å². The van der Waals surface area contributed by atoms with Gasteiger partial charge in [-0.3, -0.25) is 9.69 Å². The Balaban J connectivity index is 1.53. The van der Waals surface area contributed by atoms with Crippen molar-refractivity contribution in [2.24, 2.45) is 0 Å². The molecule has 0 aromatic heterocycles. The molecule has 4 aromatic rings. The van der Waals surface area contributed by atoms with E-state index in [0.29, 0.717) is 5.56 Å². The number of amides is 1. The summed E-state index contributed by atoms with van der Waals surface area (Å²) in [7, 11) is 0. The van der Waals surface area contributed by atoms with Gasteiger partial charge >= 0.3 is 6.16 Å². The summed E-state index contributed by atoms with van der Waals surface area (Å²) in [4.78, 5) is 28.8. The van der Waals surface area contributed by atoms with Crippen molar-refractivity contribution in [3.8, 4) is 0 Å². The van der Waals surface area contributed by atoms with Gasteiger partial charge in [0.1, 0.15) is 18.1 Å². The van der Waals surface area contributed by atoms with Crippen LogP contribution in [0, 0.1) is 0 Å². The van der Waals surface area contributed by atoms with Crippen molar-refractivity contribution in [1.29, 1.82) is 0 Å². The lowest BCUT2D eigenvalue weighted by Gasteiger charge is -2.33. The largest absolute Gasteiger partial charge is 0.509 e. The summed E-state index contributed by atoms with van der Waals surface area (Å²) in [6, 6.07) is 35.9. The Morgan fingerprint density at radius 3 is 2.06 bits per heavy atom. The zero-order chi connectivity index (χ0) is 24.3. The lowest BCUT2D eigenvalue weighted by Crippen LogP contribution is -2.42. The number of benzene rings is 4. The number of carbonyl (C=O) groups excluding carboxylic acids is 2. The summed E-state index contributed by atoms with van der Waals surface area (Å²) in [5, 5.41) is 0. The Hall–Kier alpha value is -4.38. The molecular formula is C30H25NO4. The van der Waals surface area contributed by atoms with Crippen molar-refractivity contribution in [3.05, 3.63) is 132 Å². The molecule has 1 heterocycles. The van der Waals surface area contributed by atoms with Gasteiger partial charge < -0.3 is 9.47 Å². The minimum absolute atomic E-state index is 0.0819. The van der Waals surface area contributed by atoms with Gasteiger partial charge in [0, 0.05) is 5.69 Å². The molecule has 0 saturated carbocycles. The second-order valence-electron chi connectivity index (χ2n) is 8.63. The Morgan fingerprint density at radius 2 is 1.37 bits per heavy atom. The number of carbonyl (C=O) groups is 2. The number of ether oxygens (including phenoxy) is 2. The molecule has 5 heteroatoms. The third kappa shape index (κ3) is 4.17.